The molecule has 4 aromatic carbocycles. The third kappa shape index (κ3) is 6.72. The second-order valence-electron chi connectivity index (χ2n) is 11.1. The summed E-state index contributed by atoms with van der Waals surface area (Å²) in [5.41, 5.74) is 2.26. The monoisotopic (exact) mass is 651 g/mol. The normalized spacial score (nSPS) is 14.8. The van der Waals surface area contributed by atoms with Gasteiger partial charge in [0.05, 0.1) is 20.6 Å². The van der Waals surface area contributed by atoms with Gasteiger partial charge in [0.15, 0.2) is 0 Å². The average Bonchev–Trinajstić information content (AvgIpc) is 3.24. The van der Waals surface area contributed by atoms with E-state index in [-0.39, 0.29) is 48.7 Å². The Morgan fingerprint density at radius 2 is 1.64 bits per heavy atom. The van der Waals surface area contributed by atoms with Crippen LogP contribution < -0.4 is 9.62 Å². The van der Waals surface area contributed by atoms with E-state index in [4.69, 9.17) is 23.2 Å². The topological polar surface area (TPSA) is 86.8 Å². The van der Waals surface area contributed by atoms with Gasteiger partial charge in [-0.2, -0.15) is 0 Å². The Bertz CT molecular complexity index is 1780. The fraction of sp³-hybridized carbons (Fsp3) is 0.294. The smallest absolute Gasteiger partial charge is 0.265 e. The molecule has 5 rings (SSSR count). The minimum atomic E-state index is -3.74. The lowest BCUT2D eigenvalue weighted by molar-refractivity contribution is -0.141. The Kier molecular flexibility index (Phi) is 9.83. The molecule has 7 nitrogen and oxygen atoms in total. The number of carbonyl (C=O) groups excluding carboxylic acids is 2. The van der Waals surface area contributed by atoms with Crippen LogP contribution in [0.2, 0.25) is 10.0 Å². The number of hydrogen-bond donors (Lipinski definition) is 1. The minimum absolute atomic E-state index is 0.0432. The van der Waals surface area contributed by atoms with Crippen molar-refractivity contribution in [2.75, 3.05) is 10.8 Å². The van der Waals surface area contributed by atoms with Gasteiger partial charge in [-0.3, -0.25) is 13.9 Å². The van der Waals surface area contributed by atoms with Crippen molar-refractivity contribution in [2.24, 2.45) is 0 Å². The molecule has 1 aliphatic rings. The zero-order chi connectivity index (χ0) is 31.4. The van der Waals surface area contributed by atoms with Gasteiger partial charge >= 0.3 is 0 Å². The highest BCUT2D eigenvalue weighted by Gasteiger charge is 2.36. The number of sulfonamides is 1. The summed E-state index contributed by atoms with van der Waals surface area (Å²) >= 11 is 12.5. The molecular formula is C34H35Cl2N3O4S. The van der Waals surface area contributed by atoms with Gasteiger partial charge in [0.1, 0.15) is 6.04 Å². The summed E-state index contributed by atoms with van der Waals surface area (Å²) in [7, 11) is -3.74. The zero-order valence-corrected chi connectivity index (χ0v) is 27.0. The van der Waals surface area contributed by atoms with Crippen LogP contribution in [0.4, 0.5) is 5.69 Å². The molecule has 1 heterocycles. The third-order valence-corrected chi connectivity index (χ3v) is 10.6. The third-order valence-electron chi connectivity index (χ3n) is 8.04. The highest BCUT2D eigenvalue weighted by molar-refractivity contribution is 7.93. The van der Waals surface area contributed by atoms with E-state index in [0.29, 0.717) is 27.5 Å². The largest absolute Gasteiger partial charge is 0.352 e. The number of halogens is 2. The van der Waals surface area contributed by atoms with Crippen molar-refractivity contribution in [2.45, 2.75) is 63.1 Å². The Morgan fingerprint density at radius 3 is 2.34 bits per heavy atom. The highest BCUT2D eigenvalue weighted by Crippen LogP contribution is 2.42. The molecule has 44 heavy (non-hydrogen) atoms. The van der Waals surface area contributed by atoms with Crippen LogP contribution in [-0.2, 0) is 32.6 Å². The first-order valence-electron chi connectivity index (χ1n) is 14.7. The van der Waals surface area contributed by atoms with Crippen molar-refractivity contribution >= 4 is 61.5 Å². The number of carbonyl (C=O) groups is 2. The van der Waals surface area contributed by atoms with Crippen molar-refractivity contribution < 1.29 is 18.0 Å². The summed E-state index contributed by atoms with van der Waals surface area (Å²) in [6, 6.07) is 24.6. The van der Waals surface area contributed by atoms with Gasteiger partial charge in [0.2, 0.25) is 11.8 Å². The zero-order valence-electron chi connectivity index (χ0n) is 24.7. The predicted octanol–water partition coefficient (Wildman–Crippen LogP) is 6.99. The quantitative estimate of drug-likeness (QED) is 0.179. The first kappa shape index (κ1) is 31.8. The molecular weight excluding hydrogens is 617 g/mol. The van der Waals surface area contributed by atoms with Crippen LogP contribution in [0.15, 0.2) is 89.8 Å². The summed E-state index contributed by atoms with van der Waals surface area (Å²) in [5, 5.41) is 5.36. The number of anilines is 1. The van der Waals surface area contributed by atoms with Crippen LogP contribution in [0.3, 0.4) is 0 Å². The van der Waals surface area contributed by atoms with Crippen LogP contribution >= 0.6 is 23.2 Å². The summed E-state index contributed by atoms with van der Waals surface area (Å²) in [5.74, 6) is -0.510. The molecule has 10 heteroatoms. The SMILES string of the molecule is CC[C@@H](C)NC(=O)[C@H](Cc1ccccc1)N(Cc1ccc(Cl)c(Cl)c1)C(=O)CCCN1c2cccc3cccc(c23)S1(=O)=O. The molecule has 4 aromatic rings. The molecule has 0 aromatic heterocycles. The number of rotatable bonds is 12. The van der Waals surface area contributed by atoms with Crippen molar-refractivity contribution in [3.05, 3.63) is 106 Å². The van der Waals surface area contributed by atoms with E-state index >= 15 is 0 Å². The van der Waals surface area contributed by atoms with Crippen LogP contribution in [0.25, 0.3) is 10.8 Å². The lowest BCUT2D eigenvalue weighted by atomic mass is 10.0. The number of nitrogens with zero attached hydrogens (tertiary/aromatic N) is 2. The van der Waals surface area contributed by atoms with E-state index in [2.05, 4.69) is 5.32 Å². The standard InChI is InChI=1S/C34H35Cl2N3O4S/c1-3-23(2)37-34(41)30(21-24-10-5-4-6-11-24)38(22-25-17-18-27(35)28(36)20-25)32(40)16-9-19-39-29-14-7-12-26-13-8-15-31(33(26)29)44(39,42)43/h4-8,10-15,17-18,20,23,30H,3,9,16,19,21-22H2,1-2H3,(H,37,41)/t23-,30+/m1/s1. The van der Waals surface area contributed by atoms with Crippen molar-refractivity contribution in [3.63, 3.8) is 0 Å². The molecule has 0 saturated carbocycles. The van der Waals surface area contributed by atoms with E-state index in [0.717, 1.165) is 22.9 Å². The van der Waals surface area contributed by atoms with Gasteiger partial charge in [-0.1, -0.05) is 90.8 Å². The molecule has 0 unspecified atom stereocenters. The van der Waals surface area contributed by atoms with Crippen LogP contribution in [-0.4, -0.2) is 43.8 Å². The van der Waals surface area contributed by atoms with E-state index < -0.39 is 16.1 Å². The van der Waals surface area contributed by atoms with Gasteiger partial charge in [-0.15, -0.1) is 0 Å². The maximum Gasteiger partial charge on any atom is 0.265 e. The van der Waals surface area contributed by atoms with Gasteiger partial charge in [0, 0.05) is 37.4 Å². The first-order valence-corrected chi connectivity index (χ1v) is 16.9. The molecule has 1 aliphatic heterocycles. The molecule has 2 amide bonds. The summed E-state index contributed by atoms with van der Waals surface area (Å²) in [4.78, 5) is 29.7. The van der Waals surface area contributed by atoms with E-state index in [1.165, 1.54) is 4.31 Å². The molecule has 0 fully saturated rings. The highest BCUT2D eigenvalue weighted by atomic mass is 35.5. The summed E-state index contributed by atoms with van der Waals surface area (Å²) in [6.45, 7) is 4.18. The van der Waals surface area contributed by atoms with Crippen molar-refractivity contribution in [1.29, 1.82) is 0 Å². The molecule has 0 bridgehead atoms. The van der Waals surface area contributed by atoms with Gasteiger partial charge in [-0.05, 0) is 60.5 Å². The van der Waals surface area contributed by atoms with Crippen molar-refractivity contribution in [1.82, 2.24) is 10.2 Å². The van der Waals surface area contributed by atoms with Crippen LogP contribution in [0.1, 0.15) is 44.2 Å². The Morgan fingerprint density at radius 1 is 0.909 bits per heavy atom. The second-order valence-corrected chi connectivity index (χ2v) is 13.8. The number of nitrogens with one attached hydrogen (secondary N) is 1. The first-order chi connectivity index (χ1) is 21.1. The minimum Gasteiger partial charge on any atom is -0.352 e. The van der Waals surface area contributed by atoms with E-state index in [1.807, 2.05) is 62.4 Å². The lowest BCUT2D eigenvalue weighted by Gasteiger charge is -2.32. The van der Waals surface area contributed by atoms with Crippen molar-refractivity contribution in [3.8, 4) is 0 Å². The number of amides is 2. The molecule has 0 spiro atoms. The molecule has 230 valence electrons. The summed E-state index contributed by atoms with van der Waals surface area (Å²) < 4.78 is 28.3. The Hall–Kier alpha value is -3.59. The molecule has 0 saturated heterocycles. The fourth-order valence-electron chi connectivity index (χ4n) is 5.55. The number of hydrogen-bond acceptors (Lipinski definition) is 4. The Balaban J connectivity index is 1.41. The molecule has 2 atom stereocenters. The average molecular weight is 653 g/mol. The van der Waals surface area contributed by atoms with Crippen LogP contribution in [0.5, 0.6) is 0 Å². The lowest BCUT2D eigenvalue weighted by Crippen LogP contribution is -2.52. The van der Waals surface area contributed by atoms with Gasteiger partial charge < -0.3 is 10.2 Å². The van der Waals surface area contributed by atoms with Crippen LogP contribution in [0, 0.1) is 0 Å². The molecule has 0 radical (unpaired) electrons. The number of benzene rings is 4. The maximum atomic E-state index is 14.1. The second kappa shape index (κ2) is 13.6. The van der Waals surface area contributed by atoms with E-state index in [9.17, 15) is 18.0 Å². The predicted molar refractivity (Wildman–Crippen MR) is 177 cm³/mol. The van der Waals surface area contributed by atoms with Gasteiger partial charge in [-0.25, -0.2) is 8.42 Å². The van der Waals surface area contributed by atoms with Gasteiger partial charge in [0.25, 0.3) is 10.0 Å². The molecule has 1 N–H and O–H groups in total. The molecule has 0 aliphatic carbocycles. The maximum absolute atomic E-state index is 14.1. The Labute approximate surface area is 268 Å². The van der Waals surface area contributed by atoms with E-state index in [1.54, 1.807) is 41.3 Å². The summed E-state index contributed by atoms with van der Waals surface area (Å²) in [6.07, 6.45) is 1.37. The fourth-order valence-corrected chi connectivity index (χ4v) is 7.62.